The summed E-state index contributed by atoms with van der Waals surface area (Å²) in [6.07, 6.45) is 0.657. The van der Waals surface area contributed by atoms with E-state index in [1.807, 2.05) is 26.0 Å². The van der Waals surface area contributed by atoms with Gasteiger partial charge in [0.15, 0.2) is 0 Å². The smallest absolute Gasteiger partial charge is 0.231 e. The molecular weight excluding hydrogens is 242 g/mol. The van der Waals surface area contributed by atoms with E-state index in [9.17, 15) is 9.90 Å². The Balaban J connectivity index is 2.13. The highest BCUT2D eigenvalue weighted by Gasteiger charge is 2.31. The molecule has 3 rings (SSSR count). The van der Waals surface area contributed by atoms with Crippen LogP contribution in [0.2, 0.25) is 0 Å². The molecule has 4 nitrogen and oxygen atoms in total. The molecule has 0 radical (unpaired) electrons. The van der Waals surface area contributed by atoms with Crippen LogP contribution in [0.15, 0.2) is 34.9 Å². The molecule has 0 saturated carbocycles. The number of aliphatic hydroxyl groups is 1. The number of furan rings is 1. The van der Waals surface area contributed by atoms with Crippen LogP contribution in [0.3, 0.4) is 0 Å². The van der Waals surface area contributed by atoms with E-state index in [1.165, 1.54) is 6.26 Å². The lowest BCUT2D eigenvalue weighted by Crippen LogP contribution is -2.09. The summed E-state index contributed by atoms with van der Waals surface area (Å²) in [7, 11) is 0. The molecule has 19 heavy (non-hydrogen) atoms. The number of amides is 1. The number of rotatable bonds is 2. The van der Waals surface area contributed by atoms with Crippen LogP contribution in [0.1, 0.15) is 41.4 Å². The number of nitrogens with one attached hydrogen (secondary N) is 1. The van der Waals surface area contributed by atoms with Crippen molar-refractivity contribution >= 4 is 11.6 Å². The van der Waals surface area contributed by atoms with Crippen LogP contribution in [-0.2, 0) is 4.79 Å². The summed E-state index contributed by atoms with van der Waals surface area (Å²) in [5, 5.41) is 13.2. The van der Waals surface area contributed by atoms with Gasteiger partial charge in [-0.1, -0.05) is 17.7 Å². The van der Waals surface area contributed by atoms with Crippen molar-refractivity contribution < 1.29 is 14.3 Å². The minimum Gasteiger partial charge on any atom is -0.466 e. The minimum absolute atomic E-state index is 0.0338. The molecule has 0 fully saturated rings. The topological polar surface area (TPSA) is 62.5 Å². The molecule has 2 atom stereocenters. The van der Waals surface area contributed by atoms with E-state index in [4.69, 9.17) is 4.42 Å². The molecule has 1 aliphatic rings. The maximum atomic E-state index is 11.8. The molecule has 0 saturated heterocycles. The van der Waals surface area contributed by atoms with Gasteiger partial charge in [0.2, 0.25) is 5.91 Å². The fourth-order valence-corrected chi connectivity index (χ4v) is 2.52. The summed E-state index contributed by atoms with van der Waals surface area (Å²) < 4.78 is 5.24. The lowest BCUT2D eigenvalue weighted by atomic mass is 9.95. The zero-order chi connectivity index (χ0) is 13.6. The van der Waals surface area contributed by atoms with Gasteiger partial charge in [-0.05, 0) is 31.5 Å². The van der Waals surface area contributed by atoms with Gasteiger partial charge in [-0.2, -0.15) is 0 Å². The normalized spacial score (nSPS) is 19.1. The number of aryl methyl sites for hydroxylation is 1. The maximum absolute atomic E-state index is 11.8. The predicted molar refractivity (Wildman–Crippen MR) is 71.0 cm³/mol. The summed E-state index contributed by atoms with van der Waals surface area (Å²) >= 11 is 0. The molecule has 2 aromatic rings. The molecule has 4 heteroatoms. The van der Waals surface area contributed by atoms with Crippen LogP contribution >= 0.6 is 0 Å². The molecular formula is C15H15NO3. The quantitative estimate of drug-likeness (QED) is 0.869. The van der Waals surface area contributed by atoms with Crippen molar-refractivity contribution in [2.45, 2.75) is 25.9 Å². The molecule has 1 amide bonds. The first kappa shape index (κ1) is 12.0. The van der Waals surface area contributed by atoms with E-state index in [2.05, 4.69) is 5.32 Å². The van der Waals surface area contributed by atoms with Gasteiger partial charge in [0.25, 0.3) is 0 Å². The van der Waals surface area contributed by atoms with Gasteiger partial charge in [-0.15, -0.1) is 0 Å². The standard InChI is InChI=1S/C15H15NO3/c1-8-6-10-9(2)15(18)16-13(10)11(7-8)14(17)12-4-3-5-19-12/h3-7,9,14,17H,1-2H3,(H,16,18). The van der Waals surface area contributed by atoms with E-state index < -0.39 is 6.10 Å². The Bertz CT molecular complexity index is 631. The monoisotopic (exact) mass is 257 g/mol. The molecule has 2 unspecified atom stereocenters. The average molecular weight is 257 g/mol. The van der Waals surface area contributed by atoms with Crippen LogP contribution in [0.25, 0.3) is 0 Å². The second kappa shape index (κ2) is 4.24. The van der Waals surface area contributed by atoms with Gasteiger partial charge in [0.1, 0.15) is 11.9 Å². The Hall–Kier alpha value is -2.07. The zero-order valence-electron chi connectivity index (χ0n) is 10.8. The van der Waals surface area contributed by atoms with E-state index in [0.717, 1.165) is 11.1 Å². The first-order valence-corrected chi connectivity index (χ1v) is 6.24. The molecule has 0 aliphatic carbocycles. The number of aliphatic hydroxyl groups excluding tert-OH is 1. The van der Waals surface area contributed by atoms with E-state index in [-0.39, 0.29) is 11.8 Å². The van der Waals surface area contributed by atoms with E-state index in [1.54, 1.807) is 12.1 Å². The van der Waals surface area contributed by atoms with Gasteiger partial charge < -0.3 is 14.8 Å². The lowest BCUT2D eigenvalue weighted by Gasteiger charge is -2.14. The van der Waals surface area contributed by atoms with Crippen LogP contribution in [-0.4, -0.2) is 11.0 Å². The van der Waals surface area contributed by atoms with Crippen molar-refractivity contribution in [3.63, 3.8) is 0 Å². The molecule has 2 heterocycles. The number of carbonyl (C=O) groups is 1. The molecule has 98 valence electrons. The third-order valence-electron chi connectivity index (χ3n) is 3.56. The van der Waals surface area contributed by atoms with Crippen LogP contribution in [0.4, 0.5) is 5.69 Å². The third-order valence-corrected chi connectivity index (χ3v) is 3.56. The Morgan fingerprint density at radius 1 is 1.42 bits per heavy atom. The number of hydrogen-bond donors (Lipinski definition) is 2. The summed E-state index contributed by atoms with van der Waals surface area (Å²) in [6.45, 7) is 3.82. The van der Waals surface area contributed by atoms with Gasteiger partial charge >= 0.3 is 0 Å². The van der Waals surface area contributed by atoms with Crippen LogP contribution in [0.5, 0.6) is 0 Å². The highest BCUT2D eigenvalue weighted by molar-refractivity contribution is 6.03. The first-order valence-electron chi connectivity index (χ1n) is 6.24. The number of benzene rings is 1. The average Bonchev–Trinajstić information content (AvgIpc) is 3.00. The fourth-order valence-electron chi connectivity index (χ4n) is 2.52. The predicted octanol–water partition coefficient (Wildman–Crippen LogP) is 2.73. The van der Waals surface area contributed by atoms with Gasteiger partial charge in [-0.3, -0.25) is 4.79 Å². The number of fused-ring (bicyclic) bond motifs is 1. The number of carbonyl (C=O) groups excluding carboxylic acids is 1. The van der Waals surface area contributed by atoms with E-state index in [0.29, 0.717) is 17.0 Å². The van der Waals surface area contributed by atoms with Crippen molar-refractivity contribution in [3.05, 3.63) is 53.0 Å². The lowest BCUT2D eigenvalue weighted by molar-refractivity contribution is -0.116. The van der Waals surface area contributed by atoms with Crippen molar-refractivity contribution in [1.82, 2.24) is 0 Å². The molecule has 2 N–H and O–H groups in total. The molecule has 0 spiro atoms. The third kappa shape index (κ3) is 1.85. The zero-order valence-corrected chi connectivity index (χ0v) is 10.8. The van der Waals surface area contributed by atoms with Gasteiger partial charge in [0, 0.05) is 5.56 Å². The summed E-state index contributed by atoms with van der Waals surface area (Å²) in [4.78, 5) is 11.8. The van der Waals surface area contributed by atoms with Crippen molar-refractivity contribution in [1.29, 1.82) is 0 Å². The van der Waals surface area contributed by atoms with Crippen molar-refractivity contribution in [2.75, 3.05) is 5.32 Å². The SMILES string of the molecule is Cc1cc2c(c(C(O)c3ccco3)c1)NC(=O)C2C. The molecule has 0 bridgehead atoms. The Morgan fingerprint density at radius 2 is 2.21 bits per heavy atom. The highest BCUT2D eigenvalue weighted by atomic mass is 16.4. The summed E-state index contributed by atoms with van der Waals surface area (Å²) in [5.74, 6) is 0.257. The van der Waals surface area contributed by atoms with Crippen LogP contribution in [0, 0.1) is 6.92 Å². The molecule has 1 aromatic carbocycles. The first-order chi connectivity index (χ1) is 9.08. The van der Waals surface area contributed by atoms with Crippen LogP contribution < -0.4 is 5.32 Å². The molecule has 1 aromatic heterocycles. The van der Waals surface area contributed by atoms with Gasteiger partial charge in [0.05, 0.1) is 17.9 Å². The number of hydrogen-bond acceptors (Lipinski definition) is 3. The second-order valence-electron chi connectivity index (χ2n) is 4.95. The highest BCUT2D eigenvalue weighted by Crippen LogP contribution is 2.40. The van der Waals surface area contributed by atoms with Crippen molar-refractivity contribution in [3.8, 4) is 0 Å². The largest absolute Gasteiger partial charge is 0.466 e. The maximum Gasteiger partial charge on any atom is 0.231 e. The van der Waals surface area contributed by atoms with Crippen molar-refractivity contribution in [2.24, 2.45) is 0 Å². The number of anilines is 1. The van der Waals surface area contributed by atoms with E-state index >= 15 is 0 Å². The fraction of sp³-hybridized carbons (Fsp3) is 0.267. The Morgan fingerprint density at radius 3 is 2.89 bits per heavy atom. The summed E-state index contributed by atoms with van der Waals surface area (Å²) in [6, 6.07) is 7.32. The summed E-state index contributed by atoms with van der Waals surface area (Å²) in [5.41, 5.74) is 3.35. The second-order valence-corrected chi connectivity index (χ2v) is 4.95. The Labute approximate surface area is 111 Å². The van der Waals surface area contributed by atoms with Gasteiger partial charge in [-0.25, -0.2) is 0 Å². The Kier molecular flexibility index (Phi) is 2.68. The molecule has 1 aliphatic heterocycles. The minimum atomic E-state index is -0.866.